The van der Waals surface area contributed by atoms with Gasteiger partial charge in [0.2, 0.25) is 0 Å². The van der Waals surface area contributed by atoms with Gasteiger partial charge in [0.1, 0.15) is 10.7 Å². The van der Waals surface area contributed by atoms with Crippen LogP contribution < -0.4 is 5.32 Å². The van der Waals surface area contributed by atoms with E-state index in [0.717, 1.165) is 25.1 Å². The lowest BCUT2D eigenvalue weighted by Gasteiger charge is -2.09. The van der Waals surface area contributed by atoms with E-state index in [1.807, 2.05) is 18.2 Å². The monoisotopic (exact) mass is 403 g/mol. The molecule has 0 aliphatic heterocycles. The van der Waals surface area contributed by atoms with Crippen molar-refractivity contribution in [3.63, 3.8) is 0 Å². The van der Waals surface area contributed by atoms with Crippen molar-refractivity contribution in [3.8, 4) is 5.69 Å². The van der Waals surface area contributed by atoms with Crippen LogP contribution in [0.1, 0.15) is 4.88 Å². The van der Waals surface area contributed by atoms with Gasteiger partial charge in [-0.25, -0.2) is 4.68 Å². The van der Waals surface area contributed by atoms with Gasteiger partial charge >= 0.3 is 0 Å². The Hall–Kier alpha value is -1.15. The number of halogens is 3. The minimum Gasteiger partial charge on any atom is -0.379 e. The maximum absolute atomic E-state index is 6.20. The van der Waals surface area contributed by atoms with E-state index in [4.69, 9.17) is 23.2 Å². The van der Waals surface area contributed by atoms with Gasteiger partial charge in [-0.1, -0.05) is 23.2 Å². The van der Waals surface area contributed by atoms with Crippen LogP contribution in [0.2, 0.25) is 9.36 Å². The highest BCUT2D eigenvalue weighted by atomic mass is 79.9. The van der Waals surface area contributed by atoms with E-state index >= 15 is 0 Å². The molecule has 0 unspecified atom stereocenters. The molecule has 2 aromatic heterocycles. The number of tetrazole rings is 1. The zero-order valence-electron chi connectivity index (χ0n) is 10.4. The molecule has 0 fully saturated rings. The number of nitrogens with one attached hydrogen (secondary N) is 1. The van der Waals surface area contributed by atoms with Crippen molar-refractivity contribution >= 4 is 56.2 Å². The summed E-state index contributed by atoms with van der Waals surface area (Å²) in [5.74, 6) is 0. The molecule has 0 aliphatic carbocycles. The van der Waals surface area contributed by atoms with E-state index in [0.29, 0.717) is 11.6 Å². The van der Waals surface area contributed by atoms with Crippen molar-refractivity contribution in [1.29, 1.82) is 0 Å². The summed E-state index contributed by atoms with van der Waals surface area (Å²) in [7, 11) is 0. The summed E-state index contributed by atoms with van der Waals surface area (Å²) in [5, 5.41) is 15.0. The summed E-state index contributed by atoms with van der Waals surface area (Å²) < 4.78 is 3.21. The van der Waals surface area contributed by atoms with E-state index in [1.165, 1.54) is 17.7 Å². The molecule has 0 radical (unpaired) electrons. The molecular weight excluding hydrogens is 397 g/mol. The molecule has 21 heavy (non-hydrogen) atoms. The van der Waals surface area contributed by atoms with Crippen LogP contribution in [-0.2, 0) is 6.54 Å². The zero-order chi connectivity index (χ0) is 14.8. The van der Waals surface area contributed by atoms with Gasteiger partial charge in [-0.3, -0.25) is 0 Å². The normalized spacial score (nSPS) is 10.8. The first-order valence-corrected chi connectivity index (χ1v) is 8.20. The minimum absolute atomic E-state index is 0.633. The van der Waals surface area contributed by atoms with E-state index < -0.39 is 0 Å². The van der Waals surface area contributed by atoms with Crippen LogP contribution in [0.3, 0.4) is 0 Å². The fourth-order valence-corrected chi connectivity index (χ4v) is 3.65. The van der Waals surface area contributed by atoms with Crippen molar-refractivity contribution in [2.75, 3.05) is 5.32 Å². The van der Waals surface area contributed by atoms with Crippen molar-refractivity contribution < 1.29 is 0 Å². The molecule has 0 atom stereocenters. The smallest absolute Gasteiger partial charge is 0.143 e. The van der Waals surface area contributed by atoms with Crippen molar-refractivity contribution in [1.82, 2.24) is 20.2 Å². The lowest BCUT2D eigenvalue weighted by Crippen LogP contribution is -2.01. The summed E-state index contributed by atoms with van der Waals surface area (Å²) in [6.07, 6.45) is 1.53. The molecule has 0 aliphatic rings. The quantitative estimate of drug-likeness (QED) is 0.699. The van der Waals surface area contributed by atoms with Gasteiger partial charge in [-0.15, -0.1) is 16.4 Å². The summed E-state index contributed by atoms with van der Waals surface area (Å²) >= 11 is 17.1. The topological polar surface area (TPSA) is 55.6 Å². The molecule has 0 amide bonds. The molecule has 9 heteroatoms. The second kappa shape index (κ2) is 6.31. The molecule has 5 nitrogen and oxygen atoms in total. The largest absolute Gasteiger partial charge is 0.379 e. The molecule has 3 aromatic rings. The third-order valence-electron chi connectivity index (χ3n) is 2.71. The van der Waals surface area contributed by atoms with Crippen molar-refractivity contribution in [2.24, 2.45) is 0 Å². The standard InChI is InChI=1S/C12H8BrCl2N5S/c13-9-4-8(21-12(9)15)5-16-11-3-7(1-2-10(11)14)20-6-17-18-19-20/h1-4,6,16H,5H2. The summed E-state index contributed by atoms with van der Waals surface area (Å²) in [5.41, 5.74) is 1.64. The summed E-state index contributed by atoms with van der Waals surface area (Å²) in [6.45, 7) is 0.634. The predicted octanol–water partition coefficient (Wildman–Crippen LogP) is 4.41. The Labute approximate surface area is 143 Å². The minimum atomic E-state index is 0.633. The lowest BCUT2D eigenvalue weighted by atomic mass is 10.2. The maximum Gasteiger partial charge on any atom is 0.143 e. The molecule has 1 N–H and O–H groups in total. The molecule has 2 heterocycles. The molecule has 108 valence electrons. The van der Waals surface area contributed by atoms with Gasteiger partial charge in [0.25, 0.3) is 0 Å². The number of aromatic nitrogens is 4. The van der Waals surface area contributed by atoms with Gasteiger partial charge in [-0.05, 0) is 50.6 Å². The zero-order valence-corrected chi connectivity index (χ0v) is 14.3. The molecule has 0 spiro atoms. The molecule has 0 saturated heterocycles. The maximum atomic E-state index is 6.20. The predicted molar refractivity (Wildman–Crippen MR) is 88.5 cm³/mol. The number of hydrogen-bond acceptors (Lipinski definition) is 5. The number of nitrogens with zero attached hydrogens (tertiary/aromatic N) is 4. The molecule has 0 saturated carbocycles. The Kier molecular flexibility index (Phi) is 4.44. The van der Waals surface area contributed by atoms with Crippen LogP contribution in [0.25, 0.3) is 5.69 Å². The van der Waals surface area contributed by atoms with Gasteiger partial charge in [0, 0.05) is 15.9 Å². The van der Waals surface area contributed by atoms with E-state index in [-0.39, 0.29) is 0 Å². The number of rotatable bonds is 4. The van der Waals surface area contributed by atoms with Crippen LogP contribution in [0.5, 0.6) is 0 Å². The van der Waals surface area contributed by atoms with Gasteiger partial charge in [0.15, 0.2) is 0 Å². The number of thiophene rings is 1. The fourth-order valence-electron chi connectivity index (χ4n) is 1.73. The van der Waals surface area contributed by atoms with Crippen LogP contribution in [0.4, 0.5) is 5.69 Å². The second-order valence-electron chi connectivity index (χ2n) is 4.11. The Morgan fingerprint density at radius 1 is 1.29 bits per heavy atom. The number of hydrogen-bond donors (Lipinski definition) is 1. The van der Waals surface area contributed by atoms with Crippen molar-refractivity contribution in [2.45, 2.75) is 6.54 Å². The molecule has 3 rings (SSSR count). The Morgan fingerprint density at radius 2 is 2.14 bits per heavy atom. The lowest BCUT2D eigenvalue weighted by molar-refractivity contribution is 0.789. The average molecular weight is 405 g/mol. The van der Waals surface area contributed by atoms with Crippen LogP contribution in [0, 0.1) is 0 Å². The van der Waals surface area contributed by atoms with Crippen LogP contribution >= 0.6 is 50.5 Å². The third kappa shape index (κ3) is 3.37. The SMILES string of the molecule is Clc1ccc(-n2cnnn2)cc1NCc1cc(Br)c(Cl)s1. The highest BCUT2D eigenvalue weighted by Gasteiger charge is 2.07. The van der Waals surface area contributed by atoms with Crippen LogP contribution in [-0.4, -0.2) is 20.2 Å². The fraction of sp³-hybridized carbons (Fsp3) is 0.0833. The molecule has 0 bridgehead atoms. The molecular formula is C12H8BrCl2N5S. The van der Waals surface area contributed by atoms with E-state index in [1.54, 1.807) is 10.7 Å². The summed E-state index contributed by atoms with van der Waals surface area (Å²) in [6, 6.07) is 7.53. The number of benzene rings is 1. The van der Waals surface area contributed by atoms with E-state index in [9.17, 15) is 0 Å². The van der Waals surface area contributed by atoms with Gasteiger partial charge < -0.3 is 5.32 Å². The first kappa shape index (κ1) is 14.8. The summed E-state index contributed by atoms with van der Waals surface area (Å²) in [4.78, 5) is 1.11. The Bertz CT molecular complexity index is 740. The Morgan fingerprint density at radius 3 is 2.81 bits per heavy atom. The first-order chi connectivity index (χ1) is 10.1. The van der Waals surface area contributed by atoms with Crippen molar-refractivity contribution in [3.05, 3.63) is 49.3 Å². The second-order valence-corrected chi connectivity index (χ2v) is 7.11. The molecule has 1 aromatic carbocycles. The number of anilines is 1. The average Bonchev–Trinajstić information content (AvgIpc) is 3.09. The third-order valence-corrected chi connectivity index (χ3v) is 5.52. The van der Waals surface area contributed by atoms with Crippen LogP contribution in [0.15, 0.2) is 35.1 Å². The highest BCUT2D eigenvalue weighted by molar-refractivity contribution is 9.10. The van der Waals surface area contributed by atoms with Gasteiger partial charge in [-0.2, -0.15) is 0 Å². The Balaban J connectivity index is 1.80. The van der Waals surface area contributed by atoms with E-state index in [2.05, 4.69) is 36.8 Å². The van der Waals surface area contributed by atoms with Gasteiger partial charge in [0.05, 0.1) is 16.4 Å². The highest BCUT2D eigenvalue weighted by Crippen LogP contribution is 2.33. The first-order valence-electron chi connectivity index (χ1n) is 5.84.